The first-order valence-corrected chi connectivity index (χ1v) is 5.93. The minimum absolute atomic E-state index is 0.0578. The average Bonchev–Trinajstić information content (AvgIpc) is 2.36. The standard InChI is InChI=1S/C11H13F3N4O2/c1-6(11(12,13)14)16-9-15-4-7-2-3-18(10(19)20)5-8(7)17-9/h4,6H,2-3,5H2,1H3,(H,19,20)(H,15,16,17)/t6-/m0/s1. The first-order chi connectivity index (χ1) is 9.27. The van der Waals surface area contributed by atoms with Gasteiger partial charge in [-0.25, -0.2) is 14.8 Å². The molecule has 2 N–H and O–H groups in total. The zero-order valence-corrected chi connectivity index (χ0v) is 10.6. The Morgan fingerprint density at radius 1 is 1.55 bits per heavy atom. The van der Waals surface area contributed by atoms with Gasteiger partial charge in [-0.3, -0.25) is 0 Å². The molecule has 0 bridgehead atoms. The summed E-state index contributed by atoms with van der Waals surface area (Å²) < 4.78 is 37.3. The van der Waals surface area contributed by atoms with E-state index in [1.165, 1.54) is 6.20 Å². The molecule has 1 aliphatic rings. The van der Waals surface area contributed by atoms with Crippen molar-refractivity contribution in [2.45, 2.75) is 32.1 Å². The molecule has 1 aromatic rings. The molecule has 1 atom stereocenters. The molecule has 0 aliphatic carbocycles. The van der Waals surface area contributed by atoms with Crippen LogP contribution < -0.4 is 5.32 Å². The quantitative estimate of drug-likeness (QED) is 0.869. The first-order valence-electron chi connectivity index (χ1n) is 5.93. The van der Waals surface area contributed by atoms with Gasteiger partial charge >= 0.3 is 12.3 Å². The predicted molar refractivity (Wildman–Crippen MR) is 63.3 cm³/mol. The summed E-state index contributed by atoms with van der Waals surface area (Å²) in [5.74, 6) is -0.152. The van der Waals surface area contributed by atoms with Gasteiger partial charge in [0.05, 0.1) is 12.2 Å². The lowest BCUT2D eigenvalue weighted by molar-refractivity contribution is -0.138. The molecule has 1 aliphatic heterocycles. The fourth-order valence-electron chi connectivity index (χ4n) is 1.81. The van der Waals surface area contributed by atoms with Gasteiger partial charge in [-0.05, 0) is 18.9 Å². The largest absolute Gasteiger partial charge is 0.465 e. The van der Waals surface area contributed by atoms with Crippen molar-refractivity contribution in [1.82, 2.24) is 14.9 Å². The van der Waals surface area contributed by atoms with E-state index in [1.54, 1.807) is 0 Å². The average molecular weight is 290 g/mol. The van der Waals surface area contributed by atoms with Gasteiger partial charge in [0.1, 0.15) is 6.04 Å². The summed E-state index contributed by atoms with van der Waals surface area (Å²) in [4.78, 5) is 19.8. The second-order valence-electron chi connectivity index (χ2n) is 4.53. The highest BCUT2D eigenvalue weighted by Gasteiger charge is 2.36. The van der Waals surface area contributed by atoms with Gasteiger partial charge in [0.25, 0.3) is 0 Å². The Morgan fingerprint density at radius 2 is 2.25 bits per heavy atom. The Hall–Kier alpha value is -2.06. The third-order valence-corrected chi connectivity index (χ3v) is 3.05. The summed E-state index contributed by atoms with van der Waals surface area (Å²) in [7, 11) is 0. The molecule has 1 aromatic heterocycles. The predicted octanol–water partition coefficient (Wildman–Crippen LogP) is 1.88. The number of hydrogen-bond acceptors (Lipinski definition) is 4. The lowest BCUT2D eigenvalue weighted by atomic mass is 10.1. The van der Waals surface area contributed by atoms with E-state index in [0.29, 0.717) is 18.7 Å². The van der Waals surface area contributed by atoms with E-state index in [0.717, 1.165) is 17.4 Å². The lowest BCUT2D eigenvalue weighted by Crippen LogP contribution is -2.36. The highest BCUT2D eigenvalue weighted by atomic mass is 19.4. The number of alkyl halides is 3. The molecule has 0 radical (unpaired) electrons. The minimum Gasteiger partial charge on any atom is -0.465 e. The van der Waals surface area contributed by atoms with Crippen molar-refractivity contribution in [1.29, 1.82) is 0 Å². The number of anilines is 1. The first kappa shape index (κ1) is 14.4. The Labute approximate surface area is 112 Å². The van der Waals surface area contributed by atoms with Crippen LogP contribution in [0.1, 0.15) is 18.2 Å². The van der Waals surface area contributed by atoms with E-state index in [-0.39, 0.29) is 12.5 Å². The molecule has 9 heteroatoms. The zero-order valence-electron chi connectivity index (χ0n) is 10.6. The van der Waals surface area contributed by atoms with Gasteiger partial charge < -0.3 is 15.3 Å². The van der Waals surface area contributed by atoms with Crippen molar-refractivity contribution in [3.05, 3.63) is 17.5 Å². The van der Waals surface area contributed by atoms with Crippen molar-refractivity contribution in [2.24, 2.45) is 0 Å². The second kappa shape index (κ2) is 5.14. The molecule has 110 valence electrons. The van der Waals surface area contributed by atoms with E-state index in [9.17, 15) is 18.0 Å². The molecule has 2 rings (SSSR count). The molecule has 0 saturated carbocycles. The van der Waals surface area contributed by atoms with Crippen LogP contribution in [0.2, 0.25) is 0 Å². The van der Waals surface area contributed by atoms with Crippen LogP contribution in [0.25, 0.3) is 0 Å². The molecular weight excluding hydrogens is 277 g/mol. The van der Waals surface area contributed by atoms with E-state index >= 15 is 0 Å². The minimum atomic E-state index is -4.40. The van der Waals surface area contributed by atoms with E-state index < -0.39 is 18.3 Å². The van der Waals surface area contributed by atoms with Crippen molar-refractivity contribution in [2.75, 3.05) is 11.9 Å². The van der Waals surface area contributed by atoms with E-state index in [1.807, 2.05) is 0 Å². The van der Waals surface area contributed by atoms with Gasteiger partial charge in [-0.15, -0.1) is 0 Å². The van der Waals surface area contributed by atoms with Crippen LogP contribution >= 0.6 is 0 Å². The number of halogens is 3. The topological polar surface area (TPSA) is 78.4 Å². The van der Waals surface area contributed by atoms with Crippen LogP contribution in [0.3, 0.4) is 0 Å². The molecular formula is C11H13F3N4O2. The fraction of sp³-hybridized carbons (Fsp3) is 0.545. The van der Waals surface area contributed by atoms with Crippen molar-refractivity contribution in [3.8, 4) is 0 Å². The molecule has 0 fully saturated rings. The number of nitrogens with one attached hydrogen (secondary N) is 1. The zero-order chi connectivity index (χ0) is 14.9. The summed E-state index contributed by atoms with van der Waals surface area (Å²) in [5.41, 5.74) is 1.19. The molecule has 6 nitrogen and oxygen atoms in total. The van der Waals surface area contributed by atoms with Crippen molar-refractivity contribution < 1.29 is 23.1 Å². The Bertz CT molecular complexity index is 521. The summed E-state index contributed by atoms with van der Waals surface area (Å²) in [6.45, 7) is 1.35. The number of nitrogens with zero attached hydrogens (tertiary/aromatic N) is 3. The highest BCUT2D eigenvalue weighted by Crippen LogP contribution is 2.23. The summed E-state index contributed by atoms with van der Waals surface area (Å²) in [6, 6.07) is -1.78. The van der Waals surface area contributed by atoms with Crippen LogP contribution in [-0.2, 0) is 13.0 Å². The number of rotatable bonds is 2. The summed E-state index contributed by atoms with van der Waals surface area (Å²) in [5, 5.41) is 11.1. The smallest absolute Gasteiger partial charge is 0.408 e. The van der Waals surface area contributed by atoms with Crippen LogP contribution in [0.5, 0.6) is 0 Å². The van der Waals surface area contributed by atoms with Gasteiger partial charge in [-0.2, -0.15) is 13.2 Å². The molecule has 0 aromatic carbocycles. The Kier molecular flexibility index (Phi) is 3.69. The van der Waals surface area contributed by atoms with Crippen LogP contribution in [0, 0.1) is 0 Å². The van der Waals surface area contributed by atoms with Gasteiger partial charge in [-0.1, -0.05) is 0 Å². The van der Waals surface area contributed by atoms with Gasteiger partial charge in [0, 0.05) is 12.7 Å². The third-order valence-electron chi connectivity index (χ3n) is 3.05. The van der Waals surface area contributed by atoms with Gasteiger partial charge in [0.2, 0.25) is 5.95 Å². The van der Waals surface area contributed by atoms with Crippen molar-refractivity contribution in [3.63, 3.8) is 0 Å². The molecule has 0 saturated heterocycles. The monoisotopic (exact) mass is 290 g/mol. The maximum atomic E-state index is 12.4. The summed E-state index contributed by atoms with van der Waals surface area (Å²) in [6.07, 6.45) is -3.58. The van der Waals surface area contributed by atoms with Crippen molar-refractivity contribution >= 4 is 12.0 Å². The Morgan fingerprint density at radius 3 is 2.85 bits per heavy atom. The number of carboxylic acid groups (broad SMARTS) is 1. The molecule has 1 amide bonds. The maximum Gasteiger partial charge on any atom is 0.408 e. The molecule has 0 unspecified atom stereocenters. The second-order valence-corrected chi connectivity index (χ2v) is 4.53. The lowest BCUT2D eigenvalue weighted by Gasteiger charge is -2.26. The Balaban J connectivity index is 2.15. The third kappa shape index (κ3) is 3.09. The molecule has 0 spiro atoms. The number of amides is 1. The van der Waals surface area contributed by atoms with E-state index in [4.69, 9.17) is 5.11 Å². The number of carbonyl (C=O) groups is 1. The highest BCUT2D eigenvalue weighted by molar-refractivity contribution is 5.65. The molecule has 2 heterocycles. The van der Waals surface area contributed by atoms with E-state index in [2.05, 4.69) is 15.3 Å². The normalized spacial score (nSPS) is 16.5. The molecule has 20 heavy (non-hydrogen) atoms. The maximum absolute atomic E-state index is 12.4. The number of aromatic nitrogens is 2. The number of fused-ring (bicyclic) bond motifs is 1. The van der Waals surface area contributed by atoms with Crippen LogP contribution in [0.4, 0.5) is 23.9 Å². The van der Waals surface area contributed by atoms with Gasteiger partial charge in [0.15, 0.2) is 0 Å². The SMILES string of the molecule is C[C@H](Nc1ncc2c(n1)CN(C(=O)O)CC2)C(F)(F)F. The fourth-order valence-corrected chi connectivity index (χ4v) is 1.81. The van der Waals surface area contributed by atoms with Crippen LogP contribution in [-0.4, -0.2) is 44.8 Å². The summed E-state index contributed by atoms with van der Waals surface area (Å²) >= 11 is 0. The number of hydrogen-bond donors (Lipinski definition) is 2. The van der Waals surface area contributed by atoms with Crippen LogP contribution in [0.15, 0.2) is 6.20 Å².